The number of carbonyl (C=O) groups excluding carboxylic acids is 1. The fourth-order valence-corrected chi connectivity index (χ4v) is 4.34. The molecular formula is C24H30Cl2F3N5O2. The van der Waals surface area contributed by atoms with E-state index >= 15 is 0 Å². The van der Waals surface area contributed by atoms with Gasteiger partial charge in [-0.1, -0.05) is 29.6 Å². The van der Waals surface area contributed by atoms with E-state index in [9.17, 15) is 18.0 Å². The second-order valence-corrected chi connectivity index (χ2v) is 10.7. The van der Waals surface area contributed by atoms with Crippen LogP contribution in [0.1, 0.15) is 52.0 Å². The Hall–Kier alpha value is -2.46. The van der Waals surface area contributed by atoms with Crippen LogP contribution in [0.15, 0.2) is 24.4 Å². The Labute approximate surface area is 218 Å². The van der Waals surface area contributed by atoms with Crippen molar-refractivity contribution in [3.05, 3.63) is 40.0 Å². The molecule has 0 aliphatic heterocycles. The number of carbonyl (C=O) groups is 1. The Bertz CT molecular complexity index is 1060. The maximum Gasteiger partial charge on any atom is 0.421 e. The van der Waals surface area contributed by atoms with Crippen LogP contribution in [0.4, 0.5) is 35.4 Å². The lowest BCUT2D eigenvalue weighted by atomic mass is 9.81. The smallest absolute Gasteiger partial charge is 0.421 e. The monoisotopic (exact) mass is 547 g/mol. The van der Waals surface area contributed by atoms with E-state index in [2.05, 4.69) is 25.9 Å². The lowest BCUT2D eigenvalue weighted by molar-refractivity contribution is -0.137. The number of benzene rings is 1. The Kier molecular flexibility index (Phi) is 9.16. The molecule has 1 saturated carbocycles. The van der Waals surface area contributed by atoms with E-state index in [-0.39, 0.29) is 23.6 Å². The van der Waals surface area contributed by atoms with Crippen molar-refractivity contribution in [3.63, 3.8) is 0 Å². The van der Waals surface area contributed by atoms with Crippen LogP contribution >= 0.6 is 23.2 Å². The van der Waals surface area contributed by atoms with Crippen LogP contribution in [0, 0.1) is 11.8 Å². The third kappa shape index (κ3) is 8.58. The summed E-state index contributed by atoms with van der Waals surface area (Å²) in [7, 11) is 0. The Morgan fingerprint density at radius 3 is 2.44 bits per heavy atom. The topological polar surface area (TPSA) is 88.2 Å². The molecule has 2 aromatic rings. The minimum absolute atomic E-state index is 0.00743. The highest BCUT2D eigenvalue weighted by atomic mass is 35.5. The van der Waals surface area contributed by atoms with E-state index in [0.29, 0.717) is 28.8 Å². The molecule has 7 nitrogen and oxygen atoms in total. The van der Waals surface area contributed by atoms with Crippen molar-refractivity contribution in [2.45, 2.75) is 58.2 Å². The summed E-state index contributed by atoms with van der Waals surface area (Å²) in [6.07, 6.45) is -0.834. The van der Waals surface area contributed by atoms with Gasteiger partial charge >= 0.3 is 12.3 Å². The molecule has 0 radical (unpaired) electrons. The first kappa shape index (κ1) is 28.1. The molecule has 1 heterocycles. The van der Waals surface area contributed by atoms with Crippen LogP contribution in [-0.2, 0) is 10.9 Å². The van der Waals surface area contributed by atoms with Crippen molar-refractivity contribution in [3.8, 4) is 0 Å². The fourth-order valence-electron chi connectivity index (χ4n) is 4.04. The van der Waals surface area contributed by atoms with Crippen LogP contribution in [0.25, 0.3) is 0 Å². The van der Waals surface area contributed by atoms with Gasteiger partial charge in [-0.25, -0.2) is 9.78 Å². The molecule has 1 aliphatic rings. The molecule has 3 N–H and O–H groups in total. The molecule has 0 bridgehead atoms. The molecule has 3 rings (SSSR count). The van der Waals surface area contributed by atoms with Gasteiger partial charge in [-0.05, 0) is 70.1 Å². The maximum atomic E-state index is 13.6. The number of ether oxygens (including phenoxy) is 1. The van der Waals surface area contributed by atoms with Gasteiger partial charge in [0.15, 0.2) is 0 Å². The number of amides is 1. The minimum Gasteiger partial charge on any atom is -0.444 e. The molecule has 12 heteroatoms. The van der Waals surface area contributed by atoms with Gasteiger partial charge in [0.1, 0.15) is 17.0 Å². The van der Waals surface area contributed by atoms with Crippen molar-refractivity contribution in [1.29, 1.82) is 0 Å². The Balaban J connectivity index is 1.63. The van der Waals surface area contributed by atoms with Crippen LogP contribution in [0.2, 0.25) is 10.0 Å². The summed E-state index contributed by atoms with van der Waals surface area (Å²) < 4.78 is 46.1. The van der Waals surface area contributed by atoms with Crippen LogP contribution < -0.4 is 16.0 Å². The molecule has 1 fully saturated rings. The van der Waals surface area contributed by atoms with Crippen molar-refractivity contribution in [2.24, 2.45) is 11.8 Å². The van der Waals surface area contributed by atoms with Crippen molar-refractivity contribution >= 4 is 46.7 Å². The van der Waals surface area contributed by atoms with E-state index in [1.165, 1.54) is 6.07 Å². The minimum atomic E-state index is -4.61. The molecular weight excluding hydrogens is 518 g/mol. The number of halogens is 5. The lowest BCUT2D eigenvalue weighted by Gasteiger charge is -2.30. The third-order valence-corrected chi connectivity index (χ3v) is 6.39. The number of alkyl halides is 3. The molecule has 0 spiro atoms. The summed E-state index contributed by atoms with van der Waals surface area (Å²) in [5.74, 6) is 0.0465. The number of hydrogen-bond donors (Lipinski definition) is 3. The predicted octanol–water partition coefficient (Wildman–Crippen LogP) is 7.29. The van der Waals surface area contributed by atoms with E-state index in [0.717, 1.165) is 31.9 Å². The first-order valence-corrected chi connectivity index (χ1v) is 12.4. The standard InChI is InChI=1S/C24H30Cl2F3N5O2/c1-23(2,3)36-22(35)32-12-15-6-4-5-14(9-15)11-30-20-17(24(27,28)29)13-31-21(34-20)33-16-7-8-18(25)19(26)10-16/h7-8,10,13-15H,4-6,9,11-12H2,1-3H3,(H,32,35)(H2,30,31,33,34). The van der Waals surface area contributed by atoms with Gasteiger partial charge < -0.3 is 20.7 Å². The molecule has 1 aromatic carbocycles. The number of alkyl carbamates (subject to hydrolysis) is 1. The van der Waals surface area contributed by atoms with Crippen LogP contribution in [-0.4, -0.2) is 34.8 Å². The largest absolute Gasteiger partial charge is 0.444 e. The second-order valence-electron chi connectivity index (χ2n) is 9.87. The average molecular weight is 548 g/mol. The number of rotatable bonds is 7. The second kappa shape index (κ2) is 11.7. The average Bonchev–Trinajstić information content (AvgIpc) is 2.77. The highest BCUT2D eigenvalue weighted by Gasteiger charge is 2.35. The first-order chi connectivity index (χ1) is 16.8. The molecule has 1 amide bonds. The molecule has 198 valence electrons. The van der Waals surface area contributed by atoms with Crippen molar-refractivity contribution in [1.82, 2.24) is 15.3 Å². The number of anilines is 3. The summed E-state index contributed by atoms with van der Waals surface area (Å²) in [4.78, 5) is 19.8. The molecule has 2 unspecified atom stereocenters. The van der Waals surface area contributed by atoms with E-state index in [1.54, 1.807) is 32.9 Å². The van der Waals surface area contributed by atoms with Crippen LogP contribution in [0.5, 0.6) is 0 Å². The molecule has 2 atom stereocenters. The summed E-state index contributed by atoms with van der Waals surface area (Å²) in [6.45, 7) is 6.16. The quantitative estimate of drug-likeness (QED) is 0.337. The van der Waals surface area contributed by atoms with E-state index in [4.69, 9.17) is 27.9 Å². The van der Waals surface area contributed by atoms with Crippen LogP contribution in [0.3, 0.4) is 0 Å². The van der Waals surface area contributed by atoms with E-state index in [1.807, 2.05) is 0 Å². The zero-order valence-electron chi connectivity index (χ0n) is 20.3. The molecule has 1 aromatic heterocycles. The number of aromatic nitrogens is 2. The Morgan fingerprint density at radius 2 is 1.81 bits per heavy atom. The van der Waals surface area contributed by atoms with Gasteiger partial charge in [0.2, 0.25) is 5.95 Å². The maximum absolute atomic E-state index is 13.6. The van der Waals surface area contributed by atoms with Gasteiger partial charge in [-0.15, -0.1) is 0 Å². The normalized spacial score (nSPS) is 18.4. The zero-order valence-corrected chi connectivity index (χ0v) is 21.8. The summed E-state index contributed by atoms with van der Waals surface area (Å²) >= 11 is 11.9. The number of nitrogens with one attached hydrogen (secondary N) is 3. The number of hydrogen-bond acceptors (Lipinski definition) is 6. The van der Waals surface area contributed by atoms with Gasteiger partial charge in [0.25, 0.3) is 0 Å². The highest BCUT2D eigenvalue weighted by molar-refractivity contribution is 6.42. The molecule has 0 saturated heterocycles. The van der Waals surface area contributed by atoms with E-state index < -0.39 is 23.4 Å². The van der Waals surface area contributed by atoms with Crippen molar-refractivity contribution in [2.75, 3.05) is 23.7 Å². The third-order valence-electron chi connectivity index (χ3n) is 5.65. The lowest BCUT2D eigenvalue weighted by Crippen LogP contribution is -2.37. The van der Waals surface area contributed by atoms with Gasteiger partial charge in [-0.3, -0.25) is 0 Å². The summed E-state index contributed by atoms with van der Waals surface area (Å²) in [5.41, 5.74) is -1.03. The predicted molar refractivity (Wildman–Crippen MR) is 135 cm³/mol. The zero-order chi connectivity index (χ0) is 26.5. The SMILES string of the molecule is CC(C)(C)OC(=O)NCC1CCCC(CNc2nc(Nc3ccc(Cl)c(Cl)c3)ncc2C(F)(F)F)C1. The fraction of sp³-hybridized carbons (Fsp3) is 0.542. The highest BCUT2D eigenvalue weighted by Crippen LogP contribution is 2.35. The Morgan fingerprint density at radius 1 is 1.11 bits per heavy atom. The van der Waals surface area contributed by atoms with Gasteiger partial charge in [-0.2, -0.15) is 18.2 Å². The molecule has 36 heavy (non-hydrogen) atoms. The summed E-state index contributed by atoms with van der Waals surface area (Å²) in [6, 6.07) is 4.72. The molecule has 1 aliphatic carbocycles. The van der Waals surface area contributed by atoms with Gasteiger partial charge in [0, 0.05) is 25.0 Å². The summed E-state index contributed by atoms with van der Waals surface area (Å²) in [5, 5.41) is 9.17. The van der Waals surface area contributed by atoms with Crippen molar-refractivity contribution < 1.29 is 22.7 Å². The first-order valence-electron chi connectivity index (χ1n) is 11.7. The number of nitrogens with zero attached hydrogens (tertiary/aromatic N) is 2. The van der Waals surface area contributed by atoms with Gasteiger partial charge in [0.05, 0.1) is 10.0 Å².